The molecule has 2 N–H and O–H groups in total. The van der Waals surface area contributed by atoms with Crippen LogP contribution in [0.1, 0.15) is 79.7 Å². The van der Waals surface area contributed by atoms with E-state index in [2.05, 4.69) is 9.88 Å². The van der Waals surface area contributed by atoms with E-state index in [-0.39, 0.29) is 25.1 Å². The molecule has 254 valence electrons. The number of hydrogen-bond acceptors (Lipinski definition) is 9. The highest BCUT2D eigenvalue weighted by Gasteiger charge is 2.58. The zero-order chi connectivity index (χ0) is 34.5. The van der Waals surface area contributed by atoms with Crippen molar-refractivity contribution in [2.24, 2.45) is 11.1 Å². The van der Waals surface area contributed by atoms with E-state index in [0.717, 1.165) is 16.5 Å². The van der Waals surface area contributed by atoms with Crippen LogP contribution in [-0.2, 0) is 20.8 Å². The molecular weight excluding hydrogens is 612 g/mol. The van der Waals surface area contributed by atoms with E-state index in [1.165, 1.54) is 11.7 Å². The van der Waals surface area contributed by atoms with Crippen molar-refractivity contribution < 1.29 is 37.4 Å². The number of rotatable bonds is 8. The Kier molecular flexibility index (Phi) is 8.99. The highest BCUT2D eigenvalue weighted by atomic mass is 19.3. The maximum absolute atomic E-state index is 14.4. The van der Waals surface area contributed by atoms with Crippen molar-refractivity contribution in [1.82, 2.24) is 14.5 Å². The van der Waals surface area contributed by atoms with E-state index in [4.69, 9.17) is 19.9 Å². The molecule has 1 atom stereocenters. The fourth-order valence-electron chi connectivity index (χ4n) is 7.17. The number of esters is 1. The second kappa shape index (κ2) is 12.4. The Balaban J connectivity index is 1.61. The highest BCUT2D eigenvalue weighted by molar-refractivity contribution is 5.95. The number of ether oxygens (including phenoxy) is 3. The second-order valence-electron chi connectivity index (χ2n) is 13.9. The van der Waals surface area contributed by atoms with Crippen LogP contribution in [0.15, 0.2) is 30.5 Å². The smallest absolute Gasteiger partial charge is 0.419 e. The molecule has 1 aromatic carbocycles. The van der Waals surface area contributed by atoms with Gasteiger partial charge in [0.15, 0.2) is 5.69 Å². The van der Waals surface area contributed by atoms with Gasteiger partial charge in [-0.2, -0.15) is 0 Å². The van der Waals surface area contributed by atoms with Crippen LogP contribution in [0.4, 0.5) is 19.4 Å². The molecule has 0 unspecified atom stereocenters. The van der Waals surface area contributed by atoms with Crippen LogP contribution in [0.3, 0.4) is 0 Å². The van der Waals surface area contributed by atoms with Crippen molar-refractivity contribution in [2.75, 3.05) is 39.3 Å². The van der Waals surface area contributed by atoms with E-state index >= 15 is 0 Å². The van der Waals surface area contributed by atoms with Gasteiger partial charge in [0.2, 0.25) is 11.8 Å². The topological polar surface area (TPSA) is 129 Å². The maximum atomic E-state index is 14.4. The van der Waals surface area contributed by atoms with Gasteiger partial charge in [0.05, 0.1) is 26.3 Å². The maximum Gasteiger partial charge on any atom is 0.419 e. The van der Waals surface area contributed by atoms with Gasteiger partial charge in [-0.25, -0.2) is 23.4 Å². The van der Waals surface area contributed by atoms with Crippen LogP contribution >= 0.6 is 0 Å². The molecule has 2 aliphatic rings. The normalized spacial score (nSPS) is 18.9. The Bertz CT molecular complexity index is 1710. The first kappa shape index (κ1) is 34.1. The minimum Gasteiger partial charge on any atom is -0.496 e. The number of hydrogen-bond donors (Lipinski definition) is 1. The molecule has 1 saturated heterocycles. The summed E-state index contributed by atoms with van der Waals surface area (Å²) in [7, 11) is 4.48. The molecule has 47 heavy (non-hydrogen) atoms. The average Bonchev–Trinajstić information content (AvgIpc) is 3.42. The number of pyridine rings is 1. The number of alkyl halides is 2. The molecular formula is C34H43F2N5O6. The third-order valence-corrected chi connectivity index (χ3v) is 9.08. The lowest BCUT2D eigenvalue weighted by molar-refractivity contribution is -0.186. The number of primary amides is 1. The number of nitrogens with zero attached hydrogens (tertiary/aromatic N) is 4. The summed E-state index contributed by atoms with van der Waals surface area (Å²) in [6.07, 6.45) is 1.74. The van der Waals surface area contributed by atoms with Crippen molar-refractivity contribution in [3.8, 4) is 5.75 Å². The number of piperidine rings is 1. The van der Waals surface area contributed by atoms with Crippen LogP contribution in [0, 0.1) is 12.3 Å². The molecule has 1 aliphatic carbocycles. The number of fused-ring (bicyclic) bond motifs is 1. The fourth-order valence-corrected chi connectivity index (χ4v) is 7.17. The minimum absolute atomic E-state index is 0.0419. The van der Waals surface area contributed by atoms with Crippen molar-refractivity contribution >= 4 is 34.7 Å². The zero-order valence-corrected chi connectivity index (χ0v) is 28.0. The lowest BCUT2D eigenvalue weighted by Crippen LogP contribution is -2.53. The molecule has 1 aliphatic heterocycles. The van der Waals surface area contributed by atoms with Crippen LogP contribution in [-0.4, -0.2) is 78.3 Å². The fraction of sp³-hybridized carbons (Fsp3) is 0.529. The number of nitrogens with two attached hydrogens (primary N) is 1. The first-order chi connectivity index (χ1) is 22.0. The highest BCUT2D eigenvalue weighted by Crippen LogP contribution is 2.61. The van der Waals surface area contributed by atoms with E-state index < -0.39 is 41.0 Å². The number of anilines is 1. The Morgan fingerprint density at radius 2 is 1.85 bits per heavy atom. The average molecular weight is 656 g/mol. The van der Waals surface area contributed by atoms with E-state index in [9.17, 15) is 23.2 Å². The summed E-state index contributed by atoms with van der Waals surface area (Å²) >= 11 is 0. The third kappa shape index (κ3) is 6.90. The number of likely N-dealkylation sites (N-methyl/N-ethyl adjacent to an activating group) is 1. The zero-order valence-electron chi connectivity index (χ0n) is 28.0. The molecule has 1 saturated carbocycles. The number of halogens is 2. The number of carbonyl (C=O) groups excluding carboxylic acids is 3. The number of likely N-dealkylation sites (tertiary alicyclic amines) is 1. The first-order valence-electron chi connectivity index (χ1n) is 15.6. The molecule has 1 spiro atoms. The third-order valence-electron chi connectivity index (χ3n) is 9.08. The molecule has 5 rings (SSSR count). The van der Waals surface area contributed by atoms with Gasteiger partial charge in [0.1, 0.15) is 17.2 Å². The van der Waals surface area contributed by atoms with Gasteiger partial charge in [-0.3, -0.25) is 14.3 Å². The summed E-state index contributed by atoms with van der Waals surface area (Å²) in [5, 5.41) is 0.798. The standard InChI is InChI=1S/C34H43F2N5O6/c1-20-14-26(45-6)23(21-10-12-41(28(20)21)31(44)47-32(2,3)4)16-40-13-11-33(18-34(35,36)19-33)15-25(40)22-8-9-24(30(43)46-7)38-29(22)39(5)17-27(37)42/h8-10,12,14,25H,11,13,15-19H2,1-7H3,(H2,37,42)/t25-/m0/s1. The number of carbonyl (C=O) groups is 3. The molecule has 0 bridgehead atoms. The van der Waals surface area contributed by atoms with Gasteiger partial charge < -0.3 is 24.8 Å². The molecule has 0 radical (unpaired) electrons. The van der Waals surface area contributed by atoms with Crippen LogP contribution in [0.2, 0.25) is 0 Å². The van der Waals surface area contributed by atoms with Crippen LogP contribution in [0.25, 0.3) is 10.9 Å². The van der Waals surface area contributed by atoms with Crippen molar-refractivity contribution in [3.05, 3.63) is 52.8 Å². The Morgan fingerprint density at radius 3 is 2.45 bits per heavy atom. The molecule has 2 fully saturated rings. The second-order valence-corrected chi connectivity index (χ2v) is 13.9. The number of methoxy groups -OCH3 is 2. The van der Waals surface area contributed by atoms with Gasteiger partial charge in [0, 0.05) is 55.2 Å². The van der Waals surface area contributed by atoms with E-state index in [1.54, 1.807) is 58.2 Å². The summed E-state index contributed by atoms with van der Waals surface area (Å²) in [5.41, 5.74) is 7.30. The monoisotopic (exact) mass is 655 g/mol. The molecule has 13 heteroatoms. The number of benzene rings is 1. The molecule has 3 heterocycles. The summed E-state index contributed by atoms with van der Waals surface area (Å²) < 4.78 is 46.6. The molecule has 2 aromatic heterocycles. The predicted octanol–water partition coefficient (Wildman–Crippen LogP) is 5.60. The van der Waals surface area contributed by atoms with E-state index in [0.29, 0.717) is 48.6 Å². The summed E-state index contributed by atoms with van der Waals surface area (Å²) in [5.74, 6) is -3.01. The van der Waals surface area contributed by atoms with Gasteiger partial charge in [-0.15, -0.1) is 0 Å². The summed E-state index contributed by atoms with van der Waals surface area (Å²) in [6.45, 7) is 7.99. The Hall–Kier alpha value is -4.26. The van der Waals surface area contributed by atoms with Crippen LogP contribution < -0.4 is 15.4 Å². The molecule has 3 aromatic rings. The predicted molar refractivity (Wildman–Crippen MR) is 172 cm³/mol. The SMILES string of the molecule is COC(=O)c1ccc([C@@H]2CC3(CCN2Cc2c(OC)cc(C)c4c2ccn4C(=O)OC(C)(C)C)CC(F)(F)C3)c(N(C)CC(N)=O)n1. The quantitative estimate of drug-likeness (QED) is 0.309. The summed E-state index contributed by atoms with van der Waals surface area (Å²) in [4.78, 5) is 45.9. The molecule has 1 amide bonds. The van der Waals surface area contributed by atoms with Crippen molar-refractivity contribution in [3.63, 3.8) is 0 Å². The first-order valence-corrected chi connectivity index (χ1v) is 15.6. The number of aromatic nitrogens is 2. The van der Waals surface area contributed by atoms with E-state index in [1.807, 2.05) is 19.1 Å². The largest absolute Gasteiger partial charge is 0.496 e. The Labute approximate surface area is 272 Å². The van der Waals surface area contributed by atoms with Gasteiger partial charge >= 0.3 is 12.1 Å². The van der Waals surface area contributed by atoms with Gasteiger partial charge in [0.25, 0.3) is 0 Å². The molecule has 11 nitrogen and oxygen atoms in total. The lowest BCUT2D eigenvalue weighted by atomic mass is 9.59. The number of aryl methyl sites for hydroxylation is 1. The Morgan fingerprint density at radius 1 is 1.15 bits per heavy atom. The minimum atomic E-state index is -2.72. The number of amides is 1. The van der Waals surface area contributed by atoms with Gasteiger partial charge in [-0.05, 0) is 76.3 Å². The lowest BCUT2D eigenvalue weighted by Gasteiger charge is -2.55. The van der Waals surface area contributed by atoms with Crippen molar-refractivity contribution in [1.29, 1.82) is 0 Å². The van der Waals surface area contributed by atoms with Gasteiger partial charge in [-0.1, -0.05) is 6.07 Å². The van der Waals surface area contributed by atoms with Crippen LogP contribution in [0.5, 0.6) is 5.75 Å². The van der Waals surface area contributed by atoms with Crippen molar-refractivity contribution in [2.45, 2.75) is 77.5 Å². The summed E-state index contributed by atoms with van der Waals surface area (Å²) in [6, 6.07) is 6.61.